The maximum atomic E-state index is 11.1. The van der Waals surface area contributed by atoms with E-state index in [0.717, 1.165) is 25.8 Å². The molecule has 0 aromatic heterocycles. The largest absolute Gasteiger partial charge is 0.384 e. The van der Waals surface area contributed by atoms with Crippen LogP contribution in [0.2, 0.25) is 0 Å². The maximum absolute atomic E-state index is 11.1. The molecule has 3 heteroatoms. The van der Waals surface area contributed by atoms with Gasteiger partial charge < -0.3 is 10.0 Å². The standard InChI is InChI=1S/C9H19NO2/c1-4-5-6-7-10(3)9(12)8(2)11/h8,11H,4-7H2,1-3H3. The highest BCUT2D eigenvalue weighted by Crippen LogP contribution is 1.98. The summed E-state index contributed by atoms with van der Waals surface area (Å²) in [7, 11) is 1.73. The minimum atomic E-state index is -0.864. The molecule has 0 aliphatic carbocycles. The number of likely N-dealkylation sites (N-methyl/N-ethyl adjacent to an activating group) is 1. The Hall–Kier alpha value is -0.570. The van der Waals surface area contributed by atoms with Crippen molar-refractivity contribution < 1.29 is 9.90 Å². The molecule has 12 heavy (non-hydrogen) atoms. The van der Waals surface area contributed by atoms with Crippen molar-refractivity contribution in [2.75, 3.05) is 13.6 Å². The zero-order valence-electron chi connectivity index (χ0n) is 8.21. The maximum Gasteiger partial charge on any atom is 0.250 e. The lowest BCUT2D eigenvalue weighted by Gasteiger charge is -2.18. The highest BCUT2D eigenvalue weighted by atomic mass is 16.3. The number of aliphatic hydroxyl groups is 1. The van der Waals surface area contributed by atoms with Gasteiger partial charge in [-0.1, -0.05) is 19.8 Å². The molecule has 0 aromatic carbocycles. The van der Waals surface area contributed by atoms with E-state index in [1.165, 1.54) is 6.92 Å². The Bertz CT molecular complexity index is 134. The summed E-state index contributed by atoms with van der Waals surface area (Å²) >= 11 is 0. The molecule has 1 atom stereocenters. The number of carbonyl (C=O) groups excluding carboxylic acids is 1. The van der Waals surface area contributed by atoms with Crippen LogP contribution in [0.25, 0.3) is 0 Å². The van der Waals surface area contributed by atoms with Crippen LogP contribution >= 0.6 is 0 Å². The predicted octanol–water partition coefficient (Wildman–Crippen LogP) is 1.02. The molecule has 0 bridgehead atoms. The van der Waals surface area contributed by atoms with E-state index in [9.17, 15) is 4.79 Å². The first-order chi connectivity index (χ1) is 5.59. The Morgan fingerprint density at radius 3 is 2.50 bits per heavy atom. The SMILES string of the molecule is CCCCCN(C)C(=O)C(C)O. The molecular formula is C9H19NO2. The summed E-state index contributed by atoms with van der Waals surface area (Å²) in [6.07, 6.45) is 2.44. The van der Waals surface area contributed by atoms with Gasteiger partial charge in [0, 0.05) is 13.6 Å². The third-order valence-electron chi connectivity index (χ3n) is 1.83. The average molecular weight is 173 g/mol. The Balaban J connectivity index is 3.57. The minimum Gasteiger partial charge on any atom is -0.384 e. The van der Waals surface area contributed by atoms with Gasteiger partial charge in [0.1, 0.15) is 6.10 Å². The predicted molar refractivity (Wildman–Crippen MR) is 48.8 cm³/mol. The summed E-state index contributed by atoms with van der Waals surface area (Å²) in [6, 6.07) is 0. The lowest BCUT2D eigenvalue weighted by atomic mass is 10.2. The molecule has 0 aromatic rings. The fourth-order valence-corrected chi connectivity index (χ4v) is 1.03. The van der Waals surface area contributed by atoms with Crippen LogP contribution in [0.5, 0.6) is 0 Å². The van der Waals surface area contributed by atoms with Crippen molar-refractivity contribution >= 4 is 5.91 Å². The highest BCUT2D eigenvalue weighted by molar-refractivity contribution is 5.79. The minimum absolute atomic E-state index is 0.189. The van der Waals surface area contributed by atoms with E-state index in [1.807, 2.05) is 0 Å². The van der Waals surface area contributed by atoms with Crippen molar-refractivity contribution in [2.45, 2.75) is 39.2 Å². The first kappa shape index (κ1) is 11.4. The second-order valence-electron chi connectivity index (χ2n) is 3.14. The summed E-state index contributed by atoms with van der Waals surface area (Å²) in [5.41, 5.74) is 0. The fraction of sp³-hybridized carbons (Fsp3) is 0.889. The first-order valence-corrected chi connectivity index (χ1v) is 4.52. The second kappa shape index (κ2) is 6.00. The first-order valence-electron chi connectivity index (χ1n) is 4.52. The Labute approximate surface area is 74.4 Å². The van der Waals surface area contributed by atoms with Crippen LogP contribution in [-0.4, -0.2) is 35.6 Å². The normalized spacial score (nSPS) is 12.7. The monoisotopic (exact) mass is 173 g/mol. The number of hydrogen-bond acceptors (Lipinski definition) is 2. The number of carbonyl (C=O) groups is 1. The van der Waals surface area contributed by atoms with Gasteiger partial charge in [-0.2, -0.15) is 0 Å². The molecule has 0 fully saturated rings. The summed E-state index contributed by atoms with van der Waals surface area (Å²) in [5.74, 6) is -0.189. The van der Waals surface area contributed by atoms with E-state index >= 15 is 0 Å². The summed E-state index contributed by atoms with van der Waals surface area (Å²) in [6.45, 7) is 4.37. The van der Waals surface area contributed by atoms with Crippen molar-refractivity contribution in [2.24, 2.45) is 0 Å². The number of amides is 1. The lowest BCUT2D eigenvalue weighted by molar-refractivity contribution is -0.137. The number of nitrogens with zero attached hydrogens (tertiary/aromatic N) is 1. The van der Waals surface area contributed by atoms with Crippen molar-refractivity contribution in [1.29, 1.82) is 0 Å². The van der Waals surface area contributed by atoms with Crippen molar-refractivity contribution in [3.63, 3.8) is 0 Å². The van der Waals surface area contributed by atoms with Gasteiger partial charge in [-0.3, -0.25) is 4.79 Å². The van der Waals surface area contributed by atoms with Gasteiger partial charge in [-0.05, 0) is 13.3 Å². The molecule has 1 N–H and O–H groups in total. The van der Waals surface area contributed by atoms with Crippen LogP contribution in [0.1, 0.15) is 33.1 Å². The third kappa shape index (κ3) is 4.34. The molecule has 72 valence electrons. The van der Waals surface area contributed by atoms with Crippen molar-refractivity contribution in [1.82, 2.24) is 4.90 Å². The summed E-state index contributed by atoms with van der Waals surface area (Å²) in [5, 5.41) is 8.96. The number of unbranched alkanes of at least 4 members (excludes halogenated alkanes) is 2. The average Bonchev–Trinajstić information content (AvgIpc) is 2.03. The molecule has 0 spiro atoms. The summed E-state index contributed by atoms with van der Waals surface area (Å²) < 4.78 is 0. The molecule has 0 aliphatic heterocycles. The third-order valence-corrected chi connectivity index (χ3v) is 1.83. The number of rotatable bonds is 5. The zero-order chi connectivity index (χ0) is 9.56. The molecule has 0 rings (SSSR count). The highest BCUT2D eigenvalue weighted by Gasteiger charge is 2.12. The Morgan fingerprint density at radius 2 is 2.08 bits per heavy atom. The number of hydrogen-bond donors (Lipinski definition) is 1. The van der Waals surface area contributed by atoms with Crippen molar-refractivity contribution in [3.8, 4) is 0 Å². The van der Waals surface area contributed by atoms with Crippen LogP contribution in [-0.2, 0) is 4.79 Å². The van der Waals surface area contributed by atoms with Gasteiger partial charge in [0.25, 0.3) is 5.91 Å². The van der Waals surface area contributed by atoms with E-state index in [1.54, 1.807) is 11.9 Å². The molecule has 0 heterocycles. The van der Waals surface area contributed by atoms with Crippen LogP contribution in [0.15, 0.2) is 0 Å². The van der Waals surface area contributed by atoms with Crippen molar-refractivity contribution in [3.05, 3.63) is 0 Å². The van der Waals surface area contributed by atoms with Crippen LogP contribution < -0.4 is 0 Å². The van der Waals surface area contributed by atoms with Gasteiger partial charge in [-0.15, -0.1) is 0 Å². The van der Waals surface area contributed by atoms with Gasteiger partial charge >= 0.3 is 0 Å². The van der Waals surface area contributed by atoms with E-state index in [-0.39, 0.29) is 5.91 Å². The van der Waals surface area contributed by atoms with Crippen LogP contribution in [0.4, 0.5) is 0 Å². The van der Waals surface area contributed by atoms with Gasteiger partial charge in [0.2, 0.25) is 0 Å². The van der Waals surface area contributed by atoms with Crippen LogP contribution in [0, 0.1) is 0 Å². The number of aliphatic hydroxyl groups excluding tert-OH is 1. The molecule has 1 unspecified atom stereocenters. The summed E-state index contributed by atoms with van der Waals surface area (Å²) in [4.78, 5) is 12.7. The molecule has 1 amide bonds. The Kier molecular flexibility index (Phi) is 5.72. The zero-order valence-corrected chi connectivity index (χ0v) is 8.21. The van der Waals surface area contributed by atoms with E-state index in [4.69, 9.17) is 5.11 Å². The van der Waals surface area contributed by atoms with Gasteiger partial charge in [0.15, 0.2) is 0 Å². The second-order valence-corrected chi connectivity index (χ2v) is 3.14. The molecular weight excluding hydrogens is 154 g/mol. The van der Waals surface area contributed by atoms with E-state index in [0.29, 0.717) is 0 Å². The smallest absolute Gasteiger partial charge is 0.250 e. The quantitative estimate of drug-likeness (QED) is 0.630. The molecule has 0 saturated heterocycles. The topological polar surface area (TPSA) is 40.5 Å². The Morgan fingerprint density at radius 1 is 1.50 bits per heavy atom. The lowest BCUT2D eigenvalue weighted by Crippen LogP contribution is -2.35. The van der Waals surface area contributed by atoms with Crippen LogP contribution in [0.3, 0.4) is 0 Å². The molecule has 0 saturated carbocycles. The molecule has 0 radical (unpaired) electrons. The molecule has 3 nitrogen and oxygen atoms in total. The fourth-order valence-electron chi connectivity index (χ4n) is 1.03. The van der Waals surface area contributed by atoms with E-state index in [2.05, 4.69) is 6.92 Å². The van der Waals surface area contributed by atoms with Gasteiger partial charge in [-0.25, -0.2) is 0 Å². The van der Waals surface area contributed by atoms with E-state index < -0.39 is 6.10 Å². The van der Waals surface area contributed by atoms with Gasteiger partial charge in [0.05, 0.1) is 0 Å². The molecule has 0 aliphatic rings.